The third-order valence-electron chi connectivity index (χ3n) is 4.22. The van der Waals surface area contributed by atoms with Crippen molar-refractivity contribution in [2.75, 3.05) is 0 Å². The second kappa shape index (κ2) is 9.99. The zero-order valence-corrected chi connectivity index (χ0v) is 17.9. The quantitative estimate of drug-likeness (QED) is 0.441. The van der Waals surface area contributed by atoms with Crippen LogP contribution in [0.3, 0.4) is 0 Å². The fourth-order valence-corrected chi connectivity index (χ4v) is 13.6. The molecule has 1 unspecified atom stereocenters. The Morgan fingerprint density at radius 2 is 1.64 bits per heavy atom. The van der Waals surface area contributed by atoms with Crippen LogP contribution in [0, 0.1) is 0 Å². The van der Waals surface area contributed by atoms with Crippen LogP contribution in [-0.4, -0.2) is 22.4 Å². The molecular weight excluding hydrogens is 398 g/mol. The van der Waals surface area contributed by atoms with Crippen LogP contribution in [0.5, 0.6) is 0 Å². The summed E-state index contributed by atoms with van der Waals surface area (Å²) in [7, 11) is 7.01. The van der Waals surface area contributed by atoms with E-state index >= 15 is 0 Å². The van der Waals surface area contributed by atoms with E-state index in [1.165, 1.54) is 34.6 Å². The van der Waals surface area contributed by atoms with Gasteiger partial charge in [0, 0.05) is 0 Å². The molecule has 0 aliphatic heterocycles. The third kappa shape index (κ3) is 7.06. The van der Waals surface area contributed by atoms with Crippen LogP contribution in [0.1, 0.15) is 58.4 Å². The molecule has 0 aliphatic rings. The van der Waals surface area contributed by atoms with Crippen LogP contribution in [-0.2, 0) is 5.60 Å². The van der Waals surface area contributed by atoms with Gasteiger partial charge in [-0.05, 0) is 0 Å². The maximum absolute atomic E-state index is 10.7. The van der Waals surface area contributed by atoms with Gasteiger partial charge < -0.3 is 0 Å². The van der Waals surface area contributed by atoms with Gasteiger partial charge >= 0.3 is 145 Å². The first-order chi connectivity index (χ1) is 10.4. The monoisotopic (exact) mass is 430 g/mol. The van der Waals surface area contributed by atoms with E-state index in [9.17, 15) is 5.11 Å². The topological polar surface area (TPSA) is 20.2 Å². The predicted molar refractivity (Wildman–Crippen MR) is 101 cm³/mol. The van der Waals surface area contributed by atoms with E-state index in [-0.39, 0.29) is 0 Å². The molecule has 0 radical (unpaired) electrons. The molecular formula is C19H31ClOSn. The van der Waals surface area contributed by atoms with Crippen LogP contribution < -0.4 is 0 Å². The van der Waals surface area contributed by atoms with Gasteiger partial charge in [-0.2, -0.15) is 0 Å². The normalized spacial score (nSPS) is 15.1. The van der Waals surface area contributed by atoms with Gasteiger partial charge in [-0.15, -0.1) is 0 Å². The molecule has 124 valence electrons. The van der Waals surface area contributed by atoms with Gasteiger partial charge in [0.05, 0.1) is 0 Å². The first-order valence-electron chi connectivity index (χ1n) is 8.58. The zero-order valence-electron chi connectivity index (χ0n) is 14.3. The van der Waals surface area contributed by atoms with Gasteiger partial charge in [-0.1, -0.05) is 0 Å². The molecule has 3 heteroatoms. The fourth-order valence-electron chi connectivity index (χ4n) is 2.65. The molecule has 1 aromatic rings. The molecule has 0 aromatic heterocycles. The molecule has 1 N–H and O–H groups in total. The van der Waals surface area contributed by atoms with Crippen molar-refractivity contribution < 1.29 is 5.11 Å². The van der Waals surface area contributed by atoms with Gasteiger partial charge in [-0.25, -0.2) is 0 Å². The summed E-state index contributed by atoms with van der Waals surface area (Å²) >= 11 is -2.61. The molecule has 0 heterocycles. The van der Waals surface area contributed by atoms with E-state index in [0.29, 0.717) is 6.42 Å². The molecule has 0 spiro atoms. The summed E-state index contributed by atoms with van der Waals surface area (Å²) in [5.74, 6) is 0. The fraction of sp³-hybridized carbons (Fsp3) is 0.579. The number of halogens is 1. The summed E-state index contributed by atoms with van der Waals surface area (Å²) in [6.45, 7) is 6.34. The van der Waals surface area contributed by atoms with E-state index in [4.69, 9.17) is 8.92 Å². The number of rotatable bonds is 10. The number of benzene rings is 1. The van der Waals surface area contributed by atoms with Gasteiger partial charge in [-0.3, -0.25) is 0 Å². The SMILES string of the molecule is CCC[CH2][Sn]([Cl])(/[CH]=C\CC(C)(O)c1ccccc1)[CH2]CCC. The Kier molecular flexibility index (Phi) is 9.11. The molecule has 22 heavy (non-hydrogen) atoms. The van der Waals surface area contributed by atoms with E-state index in [1.807, 2.05) is 37.3 Å². The number of aliphatic hydroxyl groups is 1. The molecule has 0 saturated heterocycles. The van der Waals surface area contributed by atoms with Crippen LogP contribution in [0.2, 0.25) is 8.87 Å². The zero-order chi connectivity index (χ0) is 16.5. The average Bonchev–Trinajstić information content (AvgIpc) is 2.52. The molecule has 1 aromatic carbocycles. The Bertz CT molecular complexity index is 434. The van der Waals surface area contributed by atoms with E-state index in [1.54, 1.807) is 0 Å². The number of unbranched alkanes of at least 4 members (excludes halogenated alkanes) is 2. The van der Waals surface area contributed by atoms with Gasteiger partial charge in [0.1, 0.15) is 0 Å². The van der Waals surface area contributed by atoms with Crippen molar-refractivity contribution in [1.82, 2.24) is 0 Å². The first kappa shape index (κ1) is 20.1. The summed E-state index contributed by atoms with van der Waals surface area (Å²) in [4.78, 5) is 0. The Labute approximate surface area is 144 Å². The van der Waals surface area contributed by atoms with Crippen LogP contribution in [0.4, 0.5) is 0 Å². The predicted octanol–water partition coefficient (Wildman–Crippen LogP) is 6.16. The second-order valence-corrected chi connectivity index (χ2v) is 21.2. The molecule has 0 amide bonds. The minimum absolute atomic E-state index is 0.640. The average molecular weight is 430 g/mol. The number of hydrogen-bond donors (Lipinski definition) is 1. The van der Waals surface area contributed by atoms with Crippen LogP contribution >= 0.6 is 8.92 Å². The van der Waals surface area contributed by atoms with Crippen molar-refractivity contribution in [2.45, 2.75) is 67.3 Å². The number of hydrogen-bond acceptors (Lipinski definition) is 1. The third-order valence-corrected chi connectivity index (χ3v) is 16.7. The Balaban J connectivity index is 2.70. The van der Waals surface area contributed by atoms with Crippen molar-refractivity contribution in [3.05, 3.63) is 46.1 Å². The summed E-state index contributed by atoms with van der Waals surface area (Å²) in [5.41, 5.74) is 0.161. The van der Waals surface area contributed by atoms with E-state index in [0.717, 1.165) is 5.56 Å². The Morgan fingerprint density at radius 1 is 1.09 bits per heavy atom. The first-order valence-corrected chi connectivity index (χ1v) is 17.9. The summed E-state index contributed by atoms with van der Waals surface area (Å²) in [6, 6.07) is 9.89. The second-order valence-electron chi connectivity index (χ2n) is 6.49. The van der Waals surface area contributed by atoms with Gasteiger partial charge in [0.2, 0.25) is 0 Å². The van der Waals surface area contributed by atoms with Crippen molar-refractivity contribution in [3.8, 4) is 0 Å². The van der Waals surface area contributed by atoms with Crippen LogP contribution in [0.15, 0.2) is 40.5 Å². The summed E-state index contributed by atoms with van der Waals surface area (Å²) in [5, 5.41) is 10.7. The standard InChI is InChI=1S/C11H13O.2C4H9.ClH.Sn/c1-3-9-11(2,12)10-7-5-4-6-8-10;2*1-3-4-2;;/h1,3-8,12H,9H2,2H3;2*1,3-4H2,2H3;1H;/q;;;;+1/p-1. The summed E-state index contributed by atoms with van der Waals surface area (Å²) < 4.78 is 4.77. The maximum atomic E-state index is 10.7. The van der Waals surface area contributed by atoms with Crippen molar-refractivity contribution in [1.29, 1.82) is 0 Å². The van der Waals surface area contributed by atoms with Gasteiger partial charge in [0.15, 0.2) is 0 Å². The minimum atomic E-state index is -2.61. The molecule has 0 saturated carbocycles. The molecule has 0 aliphatic carbocycles. The van der Waals surface area contributed by atoms with Crippen molar-refractivity contribution in [2.24, 2.45) is 0 Å². The Morgan fingerprint density at radius 3 is 2.14 bits per heavy atom. The Hall–Kier alpha value is 0.00870. The van der Waals surface area contributed by atoms with E-state index < -0.39 is 22.9 Å². The van der Waals surface area contributed by atoms with Gasteiger partial charge in [0.25, 0.3) is 0 Å². The molecule has 1 nitrogen and oxygen atoms in total. The van der Waals surface area contributed by atoms with Crippen molar-refractivity contribution >= 4 is 26.2 Å². The molecule has 1 atom stereocenters. The molecule has 0 fully saturated rings. The van der Waals surface area contributed by atoms with Crippen molar-refractivity contribution in [3.63, 3.8) is 0 Å². The van der Waals surface area contributed by atoms with E-state index in [2.05, 4.69) is 24.0 Å². The molecule has 0 bridgehead atoms. The summed E-state index contributed by atoms with van der Waals surface area (Å²) in [6.07, 6.45) is 7.70. The molecule has 1 rings (SSSR count). The van der Waals surface area contributed by atoms with Crippen LogP contribution in [0.25, 0.3) is 0 Å².